The smallest absolute Gasteiger partial charge is 0.368 e. The molecule has 0 aliphatic heterocycles. The molecule has 0 spiro atoms. The van der Waals surface area contributed by atoms with E-state index in [9.17, 15) is 4.79 Å². The number of oxime groups is 1. The molecule has 0 N–H and O–H groups in total. The number of nitrogens with zero attached hydrogens (tertiary/aromatic N) is 5. The highest BCUT2D eigenvalue weighted by molar-refractivity contribution is 6.31. The van der Waals surface area contributed by atoms with E-state index in [-0.39, 0.29) is 12.3 Å². The monoisotopic (exact) mass is 309 g/mol. The zero-order chi connectivity index (χ0) is 15.4. The minimum absolute atomic E-state index is 0.148. The van der Waals surface area contributed by atoms with Crippen LogP contribution in [0.2, 0.25) is 5.02 Å². The summed E-state index contributed by atoms with van der Waals surface area (Å²) in [7, 11) is 1.53. The van der Waals surface area contributed by atoms with Crippen molar-refractivity contribution in [3.63, 3.8) is 0 Å². The number of halogens is 1. The van der Waals surface area contributed by atoms with E-state index >= 15 is 0 Å². The van der Waals surface area contributed by atoms with Crippen LogP contribution in [0.4, 0.5) is 0 Å². The van der Waals surface area contributed by atoms with E-state index < -0.39 is 0 Å². The van der Waals surface area contributed by atoms with Crippen molar-refractivity contribution in [2.75, 3.05) is 0 Å². The van der Waals surface area contributed by atoms with Gasteiger partial charge in [-0.15, -0.1) is 0 Å². The first-order valence-corrected chi connectivity index (χ1v) is 6.84. The van der Waals surface area contributed by atoms with Gasteiger partial charge in [0.05, 0.1) is 11.4 Å². The van der Waals surface area contributed by atoms with Crippen LogP contribution in [0.3, 0.4) is 0 Å². The van der Waals surface area contributed by atoms with Gasteiger partial charge in [-0.05, 0) is 35.9 Å². The van der Waals surface area contributed by atoms with Gasteiger partial charge in [0, 0.05) is 17.6 Å². The summed E-state index contributed by atoms with van der Waals surface area (Å²) in [6.07, 6.45) is 0.805. The number of aryl methyl sites for hydroxylation is 1. The maximum atomic E-state index is 12.0. The molecular weight excluding hydrogens is 294 g/mol. The molecule has 0 unspecified atom stereocenters. The maximum absolute atomic E-state index is 12.0. The van der Waals surface area contributed by atoms with Crippen molar-refractivity contribution in [1.29, 1.82) is 0 Å². The van der Waals surface area contributed by atoms with Crippen LogP contribution in [0.25, 0.3) is 5.69 Å². The van der Waals surface area contributed by atoms with Gasteiger partial charge in [0.25, 0.3) is 0 Å². The van der Waals surface area contributed by atoms with Gasteiger partial charge < -0.3 is 4.84 Å². The summed E-state index contributed by atoms with van der Waals surface area (Å²) in [5, 5.41) is 12.0. The minimum atomic E-state index is -0.355. The summed E-state index contributed by atoms with van der Waals surface area (Å²) >= 11 is 6.19. The number of hydrogen-bond donors (Lipinski definition) is 0. The second-order valence-electron chi connectivity index (χ2n) is 4.49. The van der Waals surface area contributed by atoms with Crippen LogP contribution in [0.1, 0.15) is 25.8 Å². The molecule has 0 bridgehead atoms. The van der Waals surface area contributed by atoms with E-state index in [1.165, 1.54) is 11.7 Å². The Morgan fingerprint density at radius 2 is 2.19 bits per heavy atom. The third-order valence-corrected chi connectivity index (χ3v) is 3.34. The molecule has 21 heavy (non-hydrogen) atoms. The van der Waals surface area contributed by atoms with Crippen molar-refractivity contribution >= 4 is 17.3 Å². The molecule has 8 heteroatoms. The van der Waals surface area contributed by atoms with E-state index in [1.54, 1.807) is 18.2 Å². The highest BCUT2D eigenvalue weighted by Crippen LogP contribution is 2.23. The van der Waals surface area contributed by atoms with Crippen LogP contribution in [0.15, 0.2) is 28.1 Å². The molecular formula is C13H16ClN5O2. The molecule has 0 aliphatic rings. The Bertz CT molecular complexity index is 720. The van der Waals surface area contributed by atoms with Gasteiger partial charge in [-0.25, -0.2) is 4.79 Å². The molecule has 1 aromatic carbocycles. The fourth-order valence-electron chi connectivity index (χ4n) is 1.62. The molecule has 7 nitrogen and oxygen atoms in total. The van der Waals surface area contributed by atoms with E-state index in [0.717, 1.165) is 16.8 Å². The lowest BCUT2D eigenvalue weighted by Gasteiger charge is -2.09. The van der Waals surface area contributed by atoms with Gasteiger partial charge in [0.15, 0.2) is 0 Å². The standard InChI is InChI=1S/C13H16ClN5O2/c1-4-9(2)15-21-8-10-11(14)6-5-7-12(10)19-13(20)18(3)16-17-19/h5-7H,4,8H2,1-3H3. The first-order valence-electron chi connectivity index (χ1n) is 6.46. The Morgan fingerprint density at radius 1 is 1.43 bits per heavy atom. The second kappa shape index (κ2) is 6.53. The van der Waals surface area contributed by atoms with Gasteiger partial charge >= 0.3 is 5.69 Å². The quantitative estimate of drug-likeness (QED) is 0.624. The van der Waals surface area contributed by atoms with E-state index in [0.29, 0.717) is 16.3 Å². The summed E-state index contributed by atoms with van der Waals surface area (Å²) in [6, 6.07) is 5.20. The fourth-order valence-corrected chi connectivity index (χ4v) is 1.85. The minimum Gasteiger partial charge on any atom is -0.391 e. The lowest BCUT2D eigenvalue weighted by Crippen LogP contribution is -2.23. The normalized spacial score (nSPS) is 11.7. The number of aromatic nitrogens is 4. The average molecular weight is 310 g/mol. The van der Waals surface area contributed by atoms with Crippen LogP contribution in [-0.2, 0) is 18.5 Å². The van der Waals surface area contributed by atoms with E-state index in [2.05, 4.69) is 15.6 Å². The third kappa shape index (κ3) is 3.30. The van der Waals surface area contributed by atoms with Gasteiger partial charge in [0.2, 0.25) is 0 Å². The molecule has 0 fully saturated rings. The molecule has 0 radical (unpaired) electrons. The molecule has 2 rings (SSSR count). The number of hydrogen-bond acceptors (Lipinski definition) is 5. The number of tetrazole rings is 1. The number of benzene rings is 1. The first kappa shape index (κ1) is 15.2. The largest absolute Gasteiger partial charge is 0.391 e. The van der Waals surface area contributed by atoms with Gasteiger partial charge in [-0.2, -0.15) is 9.36 Å². The van der Waals surface area contributed by atoms with Gasteiger partial charge in [-0.1, -0.05) is 29.7 Å². The maximum Gasteiger partial charge on any atom is 0.368 e. The second-order valence-corrected chi connectivity index (χ2v) is 4.90. The lowest BCUT2D eigenvalue weighted by atomic mass is 10.2. The zero-order valence-corrected chi connectivity index (χ0v) is 12.8. The van der Waals surface area contributed by atoms with Crippen LogP contribution < -0.4 is 5.69 Å². The Hall–Kier alpha value is -2.15. The Labute approximate surface area is 126 Å². The topological polar surface area (TPSA) is 74.3 Å². The number of rotatable bonds is 5. The Morgan fingerprint density at radius 3 is 2.81 bits per heavy atom. The van der Waals surface area contributed by atoms with Crippen molar-refractivity contribution in [2.45, 2.75) is 26.9 Å². The molecule has 0 saturated heterocycles. The molecule has 0 atom stereocenters. The predicted octanol–water partition coefficient (Wildman–Crippen LogP) is 1.92. The Kier molecular flexibility index (Phi) is 4.74. The Balaban J connectivity index is 2.37. The van der Waals surface area contributed by atoms with Crippen molar-refractivity contribution in [3.8, 4) is 5.69 Å². The highest BCUT2D eigenvalue weighted by atomic mass is 35.5. The summed E-state index contributed by atoms with van der Waals surface area (Å²) in [4.78, 5) is 17.2. The molecule has 1 aromatic heterocycles. The van der Waals surface area contributed by atoms with E-state index in [1.807, 2.05) is 13.8 Å². The van der Waals surface area contributed by atoms with Crippen LogP contribution in [0.5, 0.6) is 0 Å². The molecule has 112 valence electrons. The first-order chi connectivity index (χ1) is 10.0. The summed E-state index contributed by atoms with van der Waals surface area (Å²) in [5.74, 6) is 0. The van der Waals surface area contributed by atoms with Crippen LogP contribution in [-0.4, -0.2) is 25.5 Å². The average Bonchev–Trinajstić information content (AvgIpc) is 2.80. The molecule has 1 heterocycles. The molecule has 0 aliphatic carbocycles. The van der Waals surface area contributed by atoms with Crippen molar-refractivity contribution in [2.24, 2.45) is 12.2 Å². The molecule has 0 saturated carbocycles. The predicted molar refractivity (Wildman–Crippen MR) is 79.8 cm³/mol. The molecule has 0 amide bonds. The van der Waals surface area contributed by atoms with Gasteiger partial charge in [0.1, 0.15) is 6.61 Å². The summed E-state index contributed by atoms with van der Waals surface area (Å²) in [5.41, 5.74) is 1.69. The van der Waals surface area contributed by atoms with Gasteiger partial charge in [-0.3, -0.25) is 0 Å². The summed E-state index contributed by atoms with van der Waals surface area (Å²) in [6.45, 7) is 4.01. The highest BCUT2D eigenvalue weighted by Gasteiger charge is 2.14. The fraction of sp³-hybridized carbons (Fsp3) is 0.385. The van der Waals surface area contributed by atoms with E-state index in [4.69, 9.17) is 16.4 Å². The van der Waals surface area contributed by atoms with Crippen molar-refractivity contribution in [1.82, 2.24) is 19.8 Å². The SMILES string of the molecule is CCC(C)=NOCc1c(Cl)cccc1-n1nnn(C)c1=O. The molecule has 2 aromatic rings. The van der Waals surface area contributed by atoms with Crippen LogP contribution in [0, 0.1) is 0 Å². The summed E-state index contributed by atoms with van der Waals surface area (Å²) < 4.78 is 2.33. The van der Waals surface area contributed by atoms with Crippen molar-refractivity contribution < 1.29 is 4.84 Å². The third-order valence-electron chi connectivity index (χ3n) is 2.98. The van der Waals surface area contributed by atoms with Crippen LogP contribution >= 0.6 is 11.6 Å². The zero-order valence-electron chi connectivity index (χ0n) is 12.1. The van der Waals surface area contributed by atoms with Crippen molar-refractivity contribution in [3.05, 3.63) is 39.3 Å². The lowest BCUT2D eigenvalue weighted by molar-refractivity contribution is 0.129.